The van der Waals surface area contributed by atoms with Gasteiger partial charge in [0.2, 0.25) is 8.32 Å². The average molecular weight is 347 g/mol. The van der Waals surface area contributed by atoms with Crippen LogP contribution in [0.4, 0.5) is 9.18 Å². The van der Waals surface area contributed by atoms with E-state index >= 15 is 0 Å². The number of halogens is 1. The number of methoxy groups -OCH3 is 1. The molecular formula is C17H31FO4Si. The second-order valence-corrected chi connectivity index (χ2v) is 11.5. The summed E-state index contributed by atoms with van der Waals surface area (Å²) in [5, 5.41) is 0.0847. The Kier molecular flexibility index (Phi) is 9.87. The molecule has 0 aromatic carbocycles. The molecule has 0 saturated carbocycles. The summed E-state index contributed by atoms with van der Waals surface area (Å²) < 4.78 is 27.7. The molecule has 0 N–H and O–H groups in total. The van der Waals surface area contributed by atoms with E-state index in [4.69, 9.17) is 9.16 Å². The predicted molar refractivity (Wildman–Crippen MR) is 93.7 cm³/mol. The van der Waals surface area contributed by atoms with E-state index in [1.807, 2.05) is 6.08 Å². The van der Waals surface area contributed by atoms with Gasteiger partial charge in [0.05, 0.1) is 19.5 Å². The minimum atomic E-state index is -1.95. The summed E-state index contributed by atoms with van der Waals surface area (Å²) >= 11 is 0. The number of carbonyl (C=O) groups is 1. The second kappa shape index (κ2) is 10.5. The van der Waals surface area contributed by atoms with Crippen LogP contribution in [0.25, 0.3) is 0 Å². The molecule has 4 nitrogen and oxygen atoms in total. The zero-order chi connectivity index (χ0) is 17.9. The first kappa shape index (κ1) is 21.7. The number of ether oxygens (including phenoxy) is 2. The van der Waals surface area contributed by atoms with Gasteiger partial charge in [-0.25, -0.2) is 4.79 Å². The van der Waals surface area contributed by atoms with E-state index in [2.05, 4.69) is 38.6 Å². The molecule has 0 bridgehead atoms. The highest BCUT2D eigenvalue weighted by molar-refractivity contribution is 6.74. The number of rotatable bonds is 9. The topological polar surface area (TPSA) is 44.8 Å². The normalized spacial score (nSPS) is 13.3. The predicted octanol–water partition coefficient (Wildman–Crippen LogP) is 5.37. The molecule has 0 aliphatic rings. The molecule has 0 aromatic rings. The molecule has 23 heavy (non-hydrogen) atoms. The fraction of sp³-hybridized carbons (Fsp3) is 0.706. The van der Waals surface area contributed by atoms with Crippen LogP contribution >= 0.6 is 0 Å². The molecule has 0 aliphatic heterocycles. The molecule has 0 atom stereocenters. The summed E-state index contributed by atoms with van der Waals surface area (Å²) in [7, 11) is -0.685. The van der Waals surface area contributed by atoms with Gasteiger partial charge in [-0.15, -0.1) is 0 Å². The Morgan fingerprint density at radius 3 is 2.39 bits per heavy atom. The molecule has 0 unspecified atom stereocenters. The van der Waals surface area contributed by atoms with Crippen molar-refractivity contribution in [2.45, 2.75) is 58.2 Å². The van der Waals surface area contributed by atoms with Crippen LogP contribution in [0.1, 0.15) is 40.0 Å². The van der Waals surface area contributed by atoms with Gasteiger partial charge < -0.3 is 13.9 Å². The maximum Gasteiger partial charge on any atom is 0.508 e. The maximum absolute atomic E-state index is 12.2. The van der Waals surface area contributed by atoms with Crippen molar-refractivity contribution < 1.29 is 23.1 Å². The molecular weight excluding hydrogens is 315 g/mol. The lowest BCUT2D eigenvalue weighted by Crippen LogP contribution is -2.40. The van der Waals surface area contributed by atoms with Crippen LogP contribution in [-0.4, -0.2) is 34.9 Å². The summed E-state index contributed by atoms with van der Waals surface area (Å²) in [4.78, 5) is 10.9. The van der Waals surface area contributed by atoms with Crippen LogP contribution in [0, 0.1) is 0 Å². The minimum absolute atomic E-state index is 0.0847. The minimum Gasteiger partial charge on any atom is -0.544 e. The van der Waals surface area contributed by atoms with Crippen molar-refractivity contribution >= 4 is 14.5 Å². The third-order valence-corrected chi connectivity index (χ3v) is 8.22. The Labute approximate surface area is 140 Å². The summed E-state index contributed by atoms with van der Waals surface area (Å²) in [6.45, 7) is 10.7. The lowest BCUT2D eigenvalue weighted by atomic mass is 10.2. The van der Waals surface area contributed by atoms with Crippen molar-refractivity contribution in [2.24, 2.45) is 0 Å². The third-order valence-electron chi connectivity index (χ3n) is 3.86. The fourth-order valence-electron chi connectivity index (χ4n) is 1.41. The molecule has 0 amide bonds. The summed E-state index contributed by atoms with van der Waals surface area (Å²) in [5.74, 6) is 0.754. The van der Waals surface area contributed by atoms with Gasteiger partial charge in [-0.05, 0) is 55.6 Å². The van der Waals surface area contributed by atoms with E-state index in [1.165, 1.54) is 7.11 Å². The first-order chi connectivity index (χ1) is 10.6. The number of unbranched alkanes of at least 4 members (excludes halogenated alkanes) is 2. The monoisotopic (exact) mass is 346 g/mol. The molecule has 0 radical (unpaired) electrons. The third kappa shape index (κ3) is 9.43. The van der Waals surface area contributed by atoms with Crippen LogP contribution in [0.15, 0.2) is 24.0 Å². The van der Waals surface area contributed by atoms with Gasteiger partial charge in [-0.2, -0.15) is 0 Å². The molecule has 0 saturated heterocycles. The highest BCUT2D eigenvalue weighted by Gasteiger charge is 2.39. The van der Waals surface area contributed by atoms with Gasteiger partial charge in [-0.1, -0.05) is 20.8 Å². The standard InChI is InChI=1S/C17H31FO4Si/c1-17(2,3)23(5,6)22-15(11-8-7-9-13-18)12-10-14-21-16(19)20-4/h10-12H,7-9,13-14H2,1-6H3/b12-10+,15-11-. The van der Waals surface area contributed by atoms with Crippen molar-refractivity contribution in [3.63, 3.8) is 0 Å². The van der Waals surface area contributed by atoms with Crippen LogP contribution < -0.4 is 0 Å². The molecule has 134 valence electrons. The Morgan fingerprint density at radius 1 is 1.22 bits per heavy atom. The maximum atomic E-state index is 12.2. The highest BCUT2D eigenvalue weighted by Crippen LogP contribution is 2.38. The number of hydrogen-bond donors (Lipinski definition) is 0. The van der Waals surface area contributed by atoms with Gasteiger partial charge in [0.25, 0.3) is 0 Å². The fourth-order valence-corrected chi connectivity index (χ4v) is 2.46. The molecule has 0 aliphatic carbocycles. The zero-order valence-electron chi connectivity index (χ0n) is 15.3. The smallest absolute Gasteiger partial charge is 0.508 e. The Hall–Kier alpha value is -1.30. The van der Waals surface area contributed by atoms with Gasteiger partial charge in [-0.3, -0.25) is 4.39 Å². The lowest BCUT2D eigenvalue weighted by molar-refractivity contribution is 0.0817. The zero-order valence-corrected chi connectivity index (χ0v) is 16.3. The Morgan fingerprint density at radius 2 is 1.87 bits per heavy atom. The van der Waals surface area contributed by atoms with Gasteiger partial charge in [0, 0.05) is 0 Å². The number of allylic oxidation sites excluding steroid dienone is 2. The van der Waals surface area contributed by atoms with Crippen molar-refractivity contribution in [2.75, 3.05) is 20.4 Å². The number of hydrogen-bond acceptors (Lipinski definition) is 4. The molecule has 0 rings (SSSR count). The van der Waals surface area contributed by atoms with E-state index in [-0.39, 0.29) is 18.3 Å². The molecule has 6 heteroatoms. The van der Waals surface area contributed by atoms with Crippen molar-refractivity contribution in [1.82, 2.24) is 0 Å². The number of alkyl halides is 1. The van der Waals surface area contributed by atoms with Gasteiger partial charge in [0.15, 0.2) is 0 Å². The van der Waals surface area contributed by atoms with E-state index < -0.39 is 14.5 Å². The summed E-state index contributed by atoms with van der Waals surface area (Å²) in [5.41, 5.74) is 0. The van der Waals surface area contributed by atoms with Crippen molar-refractivity contribution in [3.8, 4) is 0 Å². The number of carbonyl (C=O) groups excluding carboxylic acids is 1. The first-order valence-electron chi connectivity index (χ1n) is 7.96. The van der Waals surface area contributed by atoms with Crippen molar-refractivity contribution in [3.05, 3.63) is 24.0 Å². The van der Waals surface area contributed by atoms with Crippen LogP contribution in [0.3, 0.4) is 0 Å². The summed E-state index contributed by atoms with van der Waals surface area (Å²) in [6.07, 6.45) is 6.88. The van der Waals surface area contributed by atoms with Crippen LogP contribution in [0.5, 0.6) is 0 Å². The van der Waals surface area contributed by atoms with Crippen molar-refractivity contribution in [1.29, 1.82) is 0 Å². The average Bonchev–Trinajstić information content (AvgIpc) is 2.45. The highest BCUT2D eigenvalue weighted by atomic mass is 28.4. The summed E-state index contributed by atoms with van der Waals surface area (Å²) in [6, 6.07) is 0. The van der Waals surface area contributed by atoms with Gasteiger partial charge in [0.1, 0.15) is 6.61 Å². The lowest BCUT2D eigenvalue weighted by Gasteiger charge is -2.36. The largest absolute Gasteiger partial charge is 0.544 e. The van der Waals surface area contributed by atoms with E-state index in [0.29, 0.717) is 6.42 Å². The molecule has 0 heterocycles. The first-order valence-corrected chi connectivity index (χ1v) is 10.9. The molecule has 0 spiro atoms. The SMILES string of the molecule is COC(=O)OC/C=C/C(=C/CCCCF)O[Si](C)(C)C(C)(C)C. The molecule has 0 aromatic heterocycles. The Bertz CT molecular complexity index is 411. The van der Waals surface area contributed by atoms with Crippen LogP contribution in [0.2, 0.25) is 18.1 Å². The van der Waals surface area contributed by atoms with Gasteiger partial charge >= 0.3 is 6.16 Å². The quantitative estimate of drug-likeness (QED) is 0.185. The molecule has 0 fully saturated rings. The Balaban J connectivity index is 4.81. The van der Waals surface area contributed by atoms with Crippen LogP contribution in [-0.2, 0) is 13.9 Å². The van der Waals surface area contributed by atoms with E-state index in [1.54, 1.807) is 12.2 Å². The van der Waals surface area contributed by atoms with E-state index in [9.17, 15) is 9.18 Å². The van der Waals surface area contributed by atoms with E-state index in [0.717, 1.165) is 18.6 Å². The second-order valence-electron chi connectivity index (χ2n) is 6.82.